The smallest absolute Gasteiger partial charge is 0.287 e. The minimum atomic E-state index is -3.09. The van der Waals surface area contributed by atoms with Crippen LogP contribution in [0.1, 0.15) is 44.2 Å². The topological polar surface area (TPSA) is 96.7 Å². The lowest BCUT2D eigenvalue weighted by Gasteiger charge is -2.33. The van der Waals surface area contributed by atoms with Crippen LogP contribution in [0.4, 0.5) is 0 Å². The second-order valence-electron chi connectivity index (χ2n) is 6.76. The van der Waals surface area contributed by atoms with Gasteiger partial charge in [-0.25, -0.2) is 8.42 Å². The number of hydrogen-bond donors (Lipinski definition) is 1. The van der Waals surface area contributed by atoms with Crippen molar-refractivity contribution in [2.45, 2.75) is 45.7 Å². The van der Waals surface area contributed by atoms with Gasteiger partial charge in [0.1, 0.15) is 6.04 Å². The Morgan fingerprint density at radius 1 is 1.40 bits per heavy atom. The van der Waals surface area contributed by atoms with Crippen LogP contribution < -0.4 is 5.32 Å². The third kappa shape index (κ3) is 4.84. The lowest BCUT2D eigenvalue weighted by atomic mass is 10.0. The van der Waals surface area contributed by atoms with E-state index in [9.17, 15) is 18.0 Å². The van der Waals surface area contributed by atoms with Gasteiger partial charge in [0, 0.05) is 12.6 Å². The molecule has 0 aliphatic carbocycles. The molecule has 0 radical (unpaired) electrons. The van der Waals surface area contributed by atoms with E-state index in [4.69, 9.17) is 4.42 Å². The van der Waals surface area contributed by atoms with Crippen LogP contribution in [0, 0.1) is 5.92 Å². The number of furan rings is 1. The molecule has 0 spiro atoms. The van der Waals surface area contributed by atoms with Gasteiger partial charge in [0.15, 0.2) is 15.6 Å². The molecule has 8 heteroatoms. The van der Waals surface area contributed by atoms with Crippen LogP contribution in [0.2, 0.25) is 0 Å². The first kappa shape index (κ1) is 19.5. The van der Waals surface area contributed by atoms with Gasteiger partial charge in [-0.1, -0.05) is 20.8 Å². The minimum absolute atomic E-state index is 0.00428. The first-order valence-corrected chi connectivity index (χ1v) is 10.4. The summed E-state index contributed by atoms with van der Waals surface area (Å²) >= 11 is 0. The van der Waals surface area contributed by atoms with Crippen molar-refractivity contribution in [1.29, 1.82) is 0 Å². The summed E-state index contributed by atoms with van der Waals surface area (Å²) in [6.07, 6.45) is 2.57. The number of hydrogen-bond acceptors (Lipinski definition) is 5. The highest BCUT2D eigenvalue weighted by molar-refractivity contribution is 7.91. The van der Waals surface area contributed by atoms with Crippen LogP contribution in [0.15, 0.2) is 22.8 Å². The third-order valence-corrected chi connectivity index (χ3v) is 6.11. The van der Waals surface area contributed by atoms with Gasteiger partial charge in [0.05, 0.1) is 17.8 Å². The summed E-state index contributed by atoms with van der Waals surface area (Å²) in [5.41, 5.74) is 0. The monoisotopic (exact) mass is 370 g/mol. The highest BCUT2D eigenvalue weighted by Crippen LogP contribution is 2.20. The van der Waals surface area contributed by atoms with E-state index in [1.54, 1.807) is 11.0 Å². The summed E-state index contributed by atoms with van der Waals surface area (Å²) < 4.78 is 28.7. The van der Waals surface area contributed by atoms with Crippen LogP contribution in [-0.4, -0.2) is 55.3 Å². The average Bonchev–Trinajstić information content (AvgIpc) is 3.18. The second-order valence-corrected chi connectivity index (χ2v) is 8.99. The van der Waals surface area contributed by atoms with Gasteiger partial charge in [-0.2, -0.15) is 0 Å². The van der Waals surface area contributed by atoms with E-state index in [1.807, 2.05) is 20.8 Å². The molecule has 0 unspecified atom stereocenters. The highest BCUT2D eigenvalue weighted by Gasteiger charge is 2.38. The van der Waals surface area contributed by atoms with Gasteiger partial charge in [0.25, 0.3) is 5.91 Å². The number of nitrogens with one attached hydrogen (secondary N) is 1. The zero-order valence-corrected chi connectivity index (χ0v) is 15.7. The van der Waals surface area contributed by atoms with E-state index in [-0.39, 0.29) is 35.1 Å². The molecule has 0 bridgehead atoms. The highest BCUT2D eigenvalue weighted by atomic mass is 32.2. The van der Waals surface area contributed by atoms with Crippen LogP contribution in [-0.2, 0) is 14.6 Å². The predicted molar refractivity (Wildman–Crippen MR) is 93.9 cm³/mol. The molecule has 1 saturated heterocycles. The molecule has 2 heterocycles. The fourth-order valence-electron chi connectivity index (χ4n) is 3.05. The standard InChI is InChI=1S/C17H26N2O5S/c1-4-8-19(13-7-10-25(22,23)11-13)17(21)15(12(2)3)18-16(20)14-6-5-9-24-14/h5-6,9,12-13,15H,4,7-8,10-11H2,1-3H3,(H,18,20)/t13-,15-/m0/s1. The van der Waals surface area contributed by atoms with Crippen LogP contribution in [0.25, 0.3) is 0 Å². The molecule has 1 fully saturated rings. The third-order valence-electron chi connectivity index (χ3n) is 4.36. The molecule has 1 N–H and O–H groups in total. The molecule has 0 saturated carbocycles. The summed E-state index contributed by atoms with van der Waals surface area (Å²) in [5, 5.41) is 2.73. The summed E-state index contributed by atoms with van der Waals surface area (Å²) in [6, 6.07) is 2.09. The van der Waals surface area contributed by atoms with Crippen molar-refractivity contribution in [2.24, 2.45) is 5.92 Å². The van der Waals surface area contributed by atoms with Crippen LogP contribution in [0.3, 0.4) is 0 Å². The summed E-state index contributed by atoms with van der Waals surface area (Å²) in [5.74, 6) is -0.578. The van der Waals surface area contributed by atoms with Crippen molar-refractivity contribution in [3.63, 3.8) is 0 Å². The van der Waals surface area contributed by atoms with Crippen LogP contribution in [0.5, 0.6) is 0 Å². The maximum absolute atomic E-state index is 13.1. The lowest BCUT2D eigenvalue weighted by molar-refractivity contribution is -0.136. The molecule has 2 rings (SSSR count). The Morgan fingerprint density at radius 2 is 2.12 bits per heavy atom. The zero-order valence-electron chi connectivity index (χ0n) is 14.9. The molecule has 1 aliphatic rings. The van der Waals surface area contributed by atoms with Crippen LogP contribution >= 0.6 is 0 Å². The van der Waals surface area contributed by atoms with Crippen molar-refractivity contribution >= 4 is 21.7 Å². The van der Waals surface area contributed by atoms with Crippen molar-refractivity contribution in [2.75, 3.05) is 18.1 Å². The number of sulfone groups is 1. The fraction of sp³-hybridized carbons (Fsp3) is 0.647. The van der Waals surface area contributed by atoms with E-state index in [1.165, 1.54) is 12.3 Å². The summed E-state index contributed by atoms with van der Waals surface area (Å²) in [4.78, 5) is 26.9. The Bertz CT molecular complexity index is 697. The lowest BCUT2D eigenvalue weighted by Crippen LogP contribution is -2.54. The molecule has 140 valence electrons. The van der Waals surface area contributed by atoms with Crippen molar-refractivity contribution in [3.05, 3.63) is 24.2 Å². The van der Waals surface area contributed by atoms with E-state index in [0.29, 0.717) is 13.0 Å². The molecular weight excluding hydrogens is 344 g/mol. The van der Waals surface area contributed by atoms with Crippen molar-refractivity contribution in [3.8, 4) is 0 Å². The molecule has 0 aromatic carbocycles. The number of amides is 2. The maximum atomic E-state index is 13.1. The Balaban J connectivity index is 2.16. The Hall–Kier alpha value is -1.83. The number of carbonyl (C=O) groups is 2. The molecule has 7 nitrogen and oxygen atoms in total. The van der Waals surface area contributed by atoms with Crippen molar-refractivity contribution in [1.82, 2.24) is 10.2 Å². The van der Waals surface area contributed by atoms with E-state index >= 15 is 0 Å². The Labute approximate surface area is 148 Å². The summed E-state index contributed by atoms with van der Waals surface area (Å²) in [7, 11) is -3.09. The van der Waals surface area contributed by atoms with Gasteiger partial charge in [-0.15, -0.1) is 0 Å². The predicted octanol–water partition coefficient (Wildman–Crippen LogP) is 1.46. The number of rotatable bonds is 7. The van der Waals surface area contributed by atoms with E-state index in [0.717, 1.165) is 6.42 Å². The normalized spacial score (nSPS) is 20.4. The van der Waals surface area contributed by atoms with Gasteiger partial charge in [0.2, 0.25) is 5.91 Å². The molecule has 2 amide bonds. The SMILES string of the molecule is CCCN(C(=O)[C@@H](NC(=O)c1ccco1)C(C)C)[C@H]1CCS(=O)(=O)C1. The maximum Gasteiger partial charge on any atom is 0.287 e. The fourth-order valence-corrected chi connectivity index (χ4v) is 4.78. The van der Waals surface area contributed by atoms with Gasteiger partial charge < -0.3 is 14.6 Å². The average molecular weight is 370 g/mol. The quantitative estimate of drug-likeness (QED) is 0.784. The van der Waals surface area contributed by atoms with E-state index < -0.39 is 21.8 Å². The van der Waals surface area contributed by atoms with E-state index in [2.05, 4.69) is 5.32 Å². The summed E-state index contributed by atoms with van der Waals surface area (Å²) in [6.45, 7) is 6.11. The first-order chi connectivity index (χ1) is 11.7. The minimum Gasteiger partial charge on any atom is -0.459 e. The van der Waals surface area contributed by atoms with Crippen molar-refractivity contribution < 1.29 is 22.4 Å². The molecule has 1 aromatic rings. The Kier molecular flexibility index (Phi) is 6.26. The largest absolute Gasteiger partial charge is 0.459 e. The molecule has 25 heavy (non-hydrogen) atoms. The number of carbonyl (C=O) groups excluding carboxylic acids is 2. The first-order valence-electron chi connectivity index (χ1n) is 8.60. The van der Waals surface area contributed by atoms with Gasteiger partial charge >= 0.3 is 0 Å². The van der Waals surface area contributed by atoms with Gasteiger partial charge in [-0.05, 0) is 30.9 Å². The molecular formula is C17H26N2O5S. The Morgan fingerprint density at radius 3 is 2.60 bits per heavy atom. The van der Waals surface area contributed by atoms with Gasteiger partial charge in [-0.3, -0.25) is 9.59 Å². The molecule has 1 aromatic heterocycles. The second kappa shape index (κ2) is 8.03. The molecule has 1 aliphatic heterocycles. The molecule has 2 atom stereocenters. The zero-order chi connectivity index (χ0) is 18.6. The number of nitrogens with zero attached hydrogens (tertiary/aromatic N) is 1.